The molecule has 0 saturated heterocycles. The van der Waals surface area contributed by atoms with Crippen LogP contribution in [0.25, 0.3) is 0 Å². The van der Waals surface area contributed by atoms with Crippen molar-refractivity contribution in [1.82, 2.24) is 0 Å². The summed E-state index contributed by atoms with van der Waals surface area (Å²) in [4.78, 5) is 2.28. The fourth-order valence-corrected chi connectivity index (χ4v) is 11.9. The SMILES string of the molecule is CCCS(=O)(=O)c1ccc(S(=O)(=O)c2ccc(CC)s2)cc1.CCCS(=O)(=O)c1ccc(S(=O)(=O)c2ccc(CN)s2)cc1.Cl. The zero-order valence-corrected chi connectivity index (χ0v) is 30.6. The molecule has 0 atom stereocenters. The zero-order chi connectivity index (χ0) is 32.8. The Bertz CT molecular complexity index is 1850. The Morgan fingerprint density at radius 1 is 0.511 bits per heavy atom. The van der Waals surface area contributed by atoms with Gasteiger partial charge in [0.05, 0.1) is 31.1 Å². The first-order valence-electron chi connectivity index (χ1n) is 13.7. The van der Waals surface area contributed by atoms with Crippen LogP contribution in [-0.4, -0.2) is 45.2 Å². The van der Waals surface area contributed by atoms with Gasteiger partial charge in [-0.25, -0.2) is 33.7 Å². The maximum absolute atomic E-state index is 12.5. The molecule has 0 aliphatic carbocycles. The number of nitrogens with two attached hydrogens (primary N) is 1. The first-order chi connectivity index (χ1) is 20.6. The minimum Gasteiger partial charge on any atom is -0.326 e. The van der Waals surface area contributed by atoms with E-state index in [0.29, 0.717) is 12.8 Å². The van der Waals surface area contributed by atoms with E-state index in [1.807, 2.05) is 6.92 Å². The summed E-state index contributed by atoms with van der Waals surface area (Å²) in [7, 11) is -13.9. The van der Waals surface area contributed by atoms with Gasteiger partial charge in [0, 0.05) is 16.3 Å². The summed E-state index contributed by atoms with van der Waals surface area (Å²) >= 11 is 2.37. The van der Waals surface area contributed by atoms with Crippen molar-refractivity contribution in [2.24, 2.45) is 5.73 Å². The molecule has 0 aliphatic heterocycles. The highest BCUT2D eigenvalue weighted by atomic mass is 35.5. The van der Waals surface area contributed by atoms with Crippen molar-refractivity contribution in [3.63, 3.8) is 0 Å². The lowest BCUT2D eigenvalue weighted by Crippen LogP contribution is -2.06. The van der Waals surface area contributed by atoms with Gasteiger partial charge >= 0.3 is 0 Å². The molecule has 2 heterocycles. The van der Waals surface area contributed by atoms with Crippen LogP contribution in [0.1, 0.15) is 43.4 Å². The molecule has 0 aliphatic rings. The van der Waals surface area contributed by atoms with Gasteiger partial charge in [-0.2, -0.15) is 0 Å². The molecule has 0 radical (unpaired) electrons. The van der Waals surface area contributed by atoms with E-state index in [0.717, 1.165) is 27.5 Å². The van der Waals surface area contributed by atoms with E-state index >= 15 is 0 Å². The smallest absolute Gasteiger partial charge is 0.215 e. The van der Waals surface area contributed by atoms with Crippen molar-refractivity contribution < 1.29 is 33.7 Å². The van der Waals surface area contributed by atoms with E-state index in [4.69, 9.17) is 5.73 Å². The van der Waals surface area contributed by atoms with Crippen molar-refractivity contribution in [2.75, 3.05) is 11.5 Å². The molecule has 0 bridgehead atoms. The van der Waals surface area contributed by atoms with Crippen LogP contribution < -0.4 is 5.73 Å². The molecule has 45 heavy (non-hydrogen) atoms. The molecule has 0 unspecified atom stereocenters. The standard InChI is InChI=1S/C15H18O4S3.C14H17NO4S3.ClH/c1-3-11-21(16,17)13-6-8-14(9-7-13)22(18,19)15-10-5-12(4-2)20-15;1-2-9-21(16,17)12-4-6-13(7-5-12)22(18,19)14-8-3-11(10-15)20-14;/h5-10H,3-4,11H2,1-2H3;3-8H,2,9-10,15H2,1H3;1H. The number of aryl methyl sites for hydroxylation is 1. The Morgan fingerprint density at radius 2 is 0.844 bits per heavy atom. The van der Waals surface area contributed by atoms with Gasteiger partial charge in [0.25, 0.3) is 0 Å². The molecule has 0 saturated carbocycles. The monoisotopic (exact) mass is 753 g/mol. The Labute approximate surface area is 280 Å². The van der Waals surface area contributed by atoms with Crippen LogP contribution in [-0.2, 0) is 52.3 Å². The van der Waals surface area contributed by atoms with E-state index < -0.39 is 39.3 Å². The van der Waals surface area contributed by atoms with Gasteiger partial charge in [0.2, 0.25) is 19.7 Å². The molecule has 4 aromatic rings. The Kier molecular flexibility index (Phi) is 14.0. The van der Waals surface area contributed by atoms with Gasteiger partial charge in [-0.3, -0.25) is 0 Å². The van der Waals surface area contributed by atoms with Gasteiger partial charge in [-0.15, -0.1) is 35.1 Å². The summed E-state index contributed by atoms with van der Waals surface area (Å²) in [6.45, 7) is 5.82. The highest BCUT2D eigenvalue weighted by Crippen LogP contribution is 2.30. The molecule has 0 amide bonds. The zero-order valence-electron chi connectivity index (χ0n) is 24.9. The number of benzene rings is 2. The molecule has 4 rings (SSSR count). The predicted molar refractivity (Wildman–Crippen MR) is 182 cm³/mol. The normalized spacial score (nSPS) is 12.2. The Morgan fingerprint density at radius 3 is 1.13 bits per heavy atom. The van der Waals surface area contributed by atoms with Crippen LogP contribution in [0.3, 0.4) is 0 Å². The lowest BCUT2D eigenvalue weighted by atomic mass is 10.4. The third-order valence-electron chi connectivity index (χ3n) is 6.29. The second-order valence-corrected chi connectivity index (χ2v) is 20.5. The van der Waals surface area contributed by atoms with Gasteiger partial charge in [-0.1, -0.05) is 20.8 Å². The third-order valence-corrected chi connectivity index (χ3v) is 17.0. The number of thiophene rings is 2. The summed E-state index contributed by atoms with van der Waals surface area (Å²) in [5.41, 5.74) is 5.49. The average Bonchev–Trinajstić information content (AvgIpc) is 3.69. The molecule has 9 nitrogen and oxygen atoms in total. The van der Waals surface area contributed by atoms with Crippen LogP contribution in [0.2, 0.25) is 0 Å². The molecule has 0 fully saturated rings. The second kappa shape index (κ2) is 16.1. The van der Waals surface area contributed by atoms with E-state index in [1.54, 1.807) is 32.0 Å². The largest absolute Gasteiger partial charge is 0.326 e. The number of halogens is 1. The molecule has 2 aromatic carbocycles. The van der Waals surface area contributed by atoms with Gasteiger partial charge in [-0.05, 0) is 92.1 Å². The number of hydrogen-bond acceptors (Lipinski definition) is 11. The Hall–Kier alpha value is -2.11. The summed E-state index contributed by atoms with van der Waals surface area (Å²) in [6, 6.07) is 17.4. The van der Waals surface area contributed by atoms with Crippen LogP contribution >= 0.6 is 35.1 Å². The lowest BCUT2D eigenvalue weighted by Gasteiger charge is -2.05. The molecular weight excluding hydrogens is 718 g/mol. The summed E-state index contributed by atoms with van der Waals surface area (Å²) in [5.74, 6) is 0.105. The van der Waals surface area contributed by atoms with Crippen molar-refractivity contribution in [3.8, 4) is 0 Å². The summed E-state index contributed by atoms with van der Waals surface area (Å²) in [5, 5.41) is 0. The topological polar surface area (TPSA) is 163 Å². The van der Waals surface area contributed by atoms with Crippen LogP contribution in [0.15, 0.2) is 101 Å². The predicted octanol–water partition coefficient (Wildman–Crippen LogP) is 5.97. The minimum atomic E-state index is -3.63. The summed E-state index contributed by atoms with van der Waals surface area (Å²) in [6.07, 6.45) is 1.82. The fraction of sp³-hybridized carbons (Fsp3) is 0.310. The number of sulfone groups is 4. The van der Waals surface area contributed by atoms with Crippen molar-refractivity contribution in [1.29, 1.82) is 0 Å². The van der Waals surface area contributed by atoms with Crippen LogP contribution in [0.4, 0.5) is 0 Å². The highest BCUT2D eigenvalue weighted by Gasteiger charge is 2.23. The average molecular weight is 754 g/mol. The van der Waals surface area contributed by atoms with Gasteiger partial charge in [0.1, 0.15) is 8.42 Å². The maximum Gasteiger partial charge on any atom is 0.215 e. The van der Waals surface area contributed by atoms with E-state index in [9.17, 15) is 33.7 Å². The van der Waals surface area contributed by atoms with Crippen LogP contribution in [0, 0.1) is 0 Å². The molecular formula is C29H36ClNO8S6. The van der Waals surface area contributed by atoms with Gasteiger partial charge < -0.3 is 5.73 Å². The van der Waals surface area contributed by atoms with Crippen LogP contribution in [0.5, 0.6) is 0 Å². The lowest BCUT2D eigenvalue weighted by molar-refractivity contribution is 0.592. The van der Waals surface area contributed by atoms with Gasteiger partial charge in [0.15, 0.2) is 19.7 Å². The molecule has 16 heteroatoms. The number of rotatable bonds is 12. The minimum absolute atomic E-state index is 0. The van der Waals surface area contributed by atoms with E-state index in [2.05, 4.69) is 0 Å². The molecule has 0 spiro atoms. The van der Waals surface area contributed by atoms with Crippen molar-refractivity contribution in [2.45, 2.75) is 74.6 Å². The fourth-order valence-electron chi connectivity index (χ4n) is 3.96. The van der Waals surface area contributed by atoms with Crippen molar-refractivity contribution in [3.05, 3.63) is 82.6 Å². The molecule has 2 aromatic heterocycles. The van der Waals surface area contributed by atoms with E-state index in [1.165, 1.54) is 65.9 Å². The summed E-state index contributed by atoms with van der Waals surface area (Å²) < 4.78 is 98.3. The second-order valence-electron chi connectivity index (χ2n) is 9.59. The molecule has 2 N–H and O–H groups in total. The quantitative estimate of drug-likeness (QED) is 0.184. The first-order valence-corrected chi connectivity index (χ1v) is 21.6. The molecule has 248 valence electrons. The van der Waals surface area contributed by atoms with E-state index in [-0.39, 0.29) is 58.5 Å². The highest BCUT2D eigenvalue weighted by molar-refractivity contribution is 7.94. The first kappa shape index (κ1) is 39.1. The number of hydrogen-bond donors (Lipinski definition) is 1. The third kappa shape index (κ3) is 9.47. The Balaban J connectivity index is 0.000000307. The van der Waals surface area contributed by atoms with Crippen molar-refractivity contribution >= 4 is 74.4 Å². The maximum atomic E-state index is 12.5.